The van der Waals surface area contributed by atoms with Crippen molar-refractivity contribution >= 4 is 24.9 Å². The number of nitrogens with one attached hydrogen (secondary N) is 1. The van der Waals surface area contributed by atoms with Crippen molar-refractivity contribution in [3.8, 4) is 0 Å². The van der Waals surface area contributed by atoms with Gasteiger partial charge in [0.25, 0.3) is 0 Å². The maximum atomic E-state index is 11.4. The number of nitrogens with two attached hydrogens (primary N) is 1. The van der Waals surface area contributed by atoms with Gasteiger partial charge in [0.15, 0.2) is 0 Å². The molecule has 1 aromatic carbocycles. The van der Waals surface area contributed by atoms with Gasteiger partial charge in [0.05, 0.1) is 0 Å². The van der Waals surface area contributed by atoms with Gasteiger partial charge in [0, 0.05) is 0 Å². The van der Waals surface area contributed by atoms with Gasteiger partial charge < -0.3 is 0 Å². The van der Waals surface area contributed by atoms with E-state index in [0.717, 1.165) is 5.56 Å². The fourth-order valence-electron chi connectivity index (χ4n) is 1.26. The summed E-state index contributed by atoms with van der Waals surface area (Å²) in [5.74, 6) is -0.533. The number of carbonyl (C=O) groups excluding carboxylic acids is 1. The van der Waals surface area contributed by atoms with Crippen LogP contribution in [0.4, 0.5) is 5.69 Å². The third-order valence-electron chi connectivity index (χ3n) is 2.00. The molecule has 17 heavy (non-hydrogen) atoms. The summed E-state index contributed by atoms with van der Waals surface area (Å²) in [4.78, 5) is 11.4. The number of carbonyl (C=O) groups is 1. The second-order valence-electron chi connectivity index (χ2n) is 3.27. The number of nitrogen functional groups attached to an aromatic ring is 1. The number of hydrogen-bond donors (Lipinski definition) is 2. The number of esters is 1. The molecule has 0 saturated carbocycles. The summed E-state index contributed by atoms with van der Waals surface area (Å²) in [7, 11) is 1.94. The van der Waals surface area contributed by atoms with Crippen molar-refractivity contribution in [1.82, 2.24) is 5.32 Å². The van der Waals surface area contributed by atoms with Gasteiger partial charge in [-0.2, -0.15) is 0 Å². The Hall–Kier alpha value is -2.11. The predicted molar refractivity (Wildman–Crippen MR) is 65.3 cm³/mol. The van der Waals surface area contributed by atoms with Crippen LogP contribution in [0.25, 0.3) is 6.08 Å². The average molecular weight is 232 g/mol. The van der Waals surface area contributed by atoms with Crippen LogP contribution in [0, 0.1) is 0 Å². The normalized spacial score (nSPS) is 10.5. The minimum absolute atomic E-state index is 0.0449. The molecule has 0 radical (unpaired) electrons. The summed E-state index contributed by atoms with van der Waals surface area (Å²) in [5.41, 5.74) is 7.18. The molecular formula is C11H13BN2O3. The molecule has 3 N–H and O–H groups in total. The Labute approximate surface area is 99.9 Å². The molecule has 0 aromatic heterocycles. The van der Waals surface area contributed by atoms with Crippen molar-refractivity contribution in [1.29, 1.82) is 0 Å². The van der Waals surface area contributed by atoms with Crippen LogP contribution in [0.15, 0.2) is 30.0 Å². The van der Waals surface area contributed by atoms with Crippen molar-refractivity contribution in [3.63, 3.8) is 0 Å². The molecular weight excluding hydrogens is 219 g/mol. The van der Waals surface area contributed by atoms with Crippen LogP contribution in [0.2, 0.25) is 0 Å². The molecule has 0 unspecified atom stereocenters. The fourth-order valence-corrected chi connectivity index (χ4v) is 1.26. The first-order valence-electron chi connectivity index (χ1n) is 5.00. The van der Waals surface area contributed by atoms with Gasteiger partial charge in [-0.05, 0) is 0 Å². The van der Waals surface area contributed by atoms with Gasteiger partial charge in [-0.1, -0.05) is 0 Å². The maximum absolute atomic E-state index is 11.4. The van der Waals surface area contributed by atoms with Crippen molar-refractivity contribution in [2.24, 2.45) is 0 Å². The Morgan fingerprint density at radius 3 is 2.94 bits per heavy atom. The number of anilines is 1. The van der Waals surface area contributed by atoms with Gasteiger partial charge in [0.2, 0.25) is 0 Å². The SMILES string of the molecule is COC(=O)/C(=C\c1cccc(N)c1)NCB=O. The first kappa shape index (κ1) is 13.0. The Morgan fingerprint density at radius 1 is 1.59 bits per heavy atom. The Kier molecular flexibility index (Phi) is 4.93. The van der Waals surface area contributed by atoms with Crippen molar-refractivity contribution in [3.05, 3.63) is 35.5 Å². The van der Waals surface area contributed by atoms with Crippen molar-refractivity contribution < 1.29 is 14.2 Å². The van der Waals surface area contributed by atoms with E-state index in [-0.39, 0.29) is 12.1 Å². The first-order chi connectivity index (χ1) is 8.17. The van der Waals surface area contributed by atoms with Gasteiger partial charge in [-0.15, -0.1) is 0 Å². The van der Waals surface area contributed by atoms with E-state index in [2.05, 4.69) is 10.1 Å². The molecule has 0 aliphatic heterocycles. The number of rotatable bonds is 5. The molecule has 5 nitrogen and oxygen atoms in total. The fraction of sp³-hybridized carbons (Fsp3) is 0.182. The summed E-state index contributed by atoms with van der Waals surface area (Å²) in [6.45, 7) is 0. The van der Waals surface area contributed by atoms with E-state index < -0.39 is 5.97 Å². The molecule has 0 aliphatic carbocycles. The third kappa shape index (κ3) is 4.10. The zero-order valence-corrected chi connectivity index (χ0v) is 9.47. The van der Waals surface area contributed by atoms with Crippen LogP contribution in [0.5, 0.6) is 0 Å². The first-order valence-corrected chi connectivity index (χ1v) is 5.00. The molecule has 0 aliphatic rings. The molecule has 0 saturated heterocycles. The molecule has 0 heterocycles. The van der Waals surface area contributed by atoms with Crippen LogP contribution >= 0.6 is 0 Å². The molecule has 1 rings (SSSR count). The van der Waals surface area contributed by atoms with E-state index in [1.54, 1.807) is 30.3 Å². The molecule has 0 bridgehead atoms. The molecule has 0 amide bonds. The number of benzene rings is 1. The number of ether oxygens (including phenoxy) is 1. The van der Waals surface area contributed by atoms with Crippen molar-refractivity contribution in [2.75, 3.05) is 19.3 Å². The summed E-state index contributed by atoms with van der Waals surface area (Å²) in [6, 6.07) is 7.03. The monoisotopic (exact) mass is 232 g/mol. The zero-order valence-electron chi connectivity index (χ0n) is 9.47. The van der Waals surface area contributed by atoms with E-state index in [0.29, 0.717) is 12.8 Å². The number of hydrogen-bond acceptors (Lipinski definition) is 5. The summed E-state index contributed by atoms with van der Waals surface area (Å²) < 4.78 is 14.9. The van der Waals surface area contributed by atoms with Crippen molar-refractivity contribution in [2.45, 2.75) is 0 Å². The molecule has 88 valence electrons. The van der Waals surface area contributed by atoms with E-state index in [1.807, 2.05) is 0 Å². The van der Waals surface area contributed by atoms with Crippen LogP contribution in [0.3, 0.4) is 0 Å². The van der Waals surface area contributed by atoms with Crippen LogP contribution < -0.4 is 11.1 Å². The zero-order chi connectivity index (χ0) is 12.7. The standard InChI is InChI=1S/C11H13BN2O3/c1-17-11(15)10(14-7-12-16)6-8-3-2-4-9(13)5-8/h2-6,14H,7,13H2,1H3/b10-6+. The van der Waals surface area contributed by atoms with Crippen LogP contribution in [-0.2, 0) is 14.2 Å². The van der Waals surface area contributed by atoms with Gasteiger partial charge >= 0.3 is 99.2 Å². The Balaban J connectivity index is 2.95. The Morgan fingerprint density at radius 2 is 2.35 bits per heavy atom. The van der Waals surface area contributed by atoms with E-state index >= 15 is 0 Å². The van der Waals surface area contributed by atoms with Gasteiger partial charge in [-0.25, -0.2) is 0 Å². The minimum atomic E-state index is -0.533. The summed E-state index contributed by atoms with van der Waals surface area (Å²) in [6.07, 6.45) is 1.62. The van der Waals surface area contributed by atoms with E-state index in [1.165, 1.54) is 7.11 Å². The Bertz CT molecular complexity index is 446. The second-order valence-corrected chi connectivity index (χ2v) is 3.27. The molecule has 0 atom stereocenters. The van der Waals surface area contributed by atoms with E-state index in [9.17, 15) is 9.50 Å². The second kappa shape index (κ2) is 6.47. The van der Waals surface area contributed by atoms with Gasteiger partial charge in [0.1, 0.15) is 0 Å². The number of methoxy groups -OCH3 is 1. The molecule has 0 fully saturated rings. The molecule has 1 aromatic rings. The predicted octanol–water partition coefficient (Wildman–Crippen LogP) is 0.379. The molecule has 0 spiro atoms. The van der Waals surface area contributed by atoms with Crippen LogP contribution in [-0.4, -0.2) is 26.7 Å². The third-order valence-corrected chi connectivity index (χ3v) is 2.00. The summed E-state index contributed by atoms with van der Waals surface area (Å²) >= 11 is 0. The van der Waals surface area contributed by atoms with E-state index in [4.69, 9.17) is 5.73 Å². The van der Waals surface area contributed by atoms with Gasteiger partial charge in [-0.3, -0.25) is 0 Å². The summed E-state index contributed by atoms with van der Waals surface area (Å²) in [5, 5.41) is 2.67. The topological polar surface area (TPSA) is 81.4 Å². The molecule has 6 heteroatoms. The quantitative estimate of drug-likeness (QED) is 0.332. The van der Waals surface area contributed by atoms with Crippen LogP contribution in [0.1, 0.15) is 5.56 Å². The average Bonchev–Trinajstić information content (AvgIpc) is 2.33.